The summed E-state index contributed by atoms with van der Waals surface area (Å²) in [6.45, 7) is 1.89. The standard InChI is InChI=1S/C12H9F.C2H5Cl/c13-12-9-5-4-8-11(12)10-6-2-1-3-7-10;1-2-3/h1-9H;2H2,1H3. The normalized spacial score (nSPS) is 9.19. The predicted octanol–water partition coefficient (Wildman–Crippen LogP) is 4.74. The molecule has 0 saturated carbocycles. The third-order valence-corrected chi connectivity index (χ3v) is 1.96. The van der Waals surface area contributed by atoms with E-state index in [-0.39, 0.29) is 5.82 Å². The molecule has 84 valence electrons. The average molecular weight is 237 g/mol. The zero-order valence-electron chi connectivity index (χ0n) is 9.16. The summed E-state index contributed by atoms with van der Waals surface area (Å²) in [5, 5.41) is 0. The van der Waals surface area contributed by atoms with Gasteiger partial charge in [0.05, 0.1) is 0 Å². The molecule has 0 N–H and O–H groups in total. The lowest BCUT2D eigenvalue weighted by Gasteiger charge is -2.01. The van der Waals surface area contributed by atoms with Crippen LogP contribution in [0.4, 0.5) is 4.39 Å². The Labute approximate surface area is 101 Å². The van der Waals surface area contributed by atoms with E-state index >= 15 is 0 Å². The molecule has 2 rings (SSSR count). The average Bonchev–Trinajstić information content (AvgIpc) is 2.32. The molecule has 0 unspecified atom stereocenters. The van der Waals surface area contributed by atoms with Crippen LogP contribution in [0.5, 0.6) is 0 Å². The summed E-state index contributed by atoms with van der Waals surface area (Å²) in [6.07, 6.45) is 0. The van der Waals surface area contributed by atoms with E-state index < -0.39 is 0 Å². The maximum absolute atomic E-state index is 13.3. The third-order valence-electron chi connectivity index (χ3n) is 1.96. The lowest BCUT2D eigenvalue weighted by atomic mass is 10.1. The van der Waals surface area contributed by atoms with Gasteiger partial charge in [0.15, 0.2) is 0 Å². The van der Waals surface area contributed by atoms with Crippen LogP contribution in [0.2, 0.25) is 0 Å². The second-order valence-corrected chi connectivity index (χ2v) is 3.65. The highest BCUT2D eigenvalue weighted by molar-refractivity contribution is 6.17. The van der Waals surface area contributed by atoms with E-state index in [9.17, 15) is 4.39 Å². The molecule has 0 aliphatic heterocycles. The minimum Gasteiger partial charge on any atom is -0.206 e. The molecule has 0 aliphatic carbocycles. The van der Waals surface area contributed by atoms with Crippen molar-refractivity contribution in [2.24, 2.45) is 0 Å². The molecule has 0 radical (unpaired) electrons. The lowest BCUT2D eigenvalue weighted by Crippen LogP contribution is -1.81. The van der Waals surface area contributed by atoms with Crippen molar-refractivity contribution in [3.63, 3.8) is 0 Å². The van der Waals surface area contributed by atoms with E-state index in [1.54, 1.807) is 12.1 Å². The SMILES string of the molecule is CCCl.Fc1ccccc1-c1ccccc1. The topological polar surface area (TPSA) is 0 Å². The Morgan fingerprint density at radius 1 is 0.938 bits per heavy atom. The fraction of sp³-hybridized carbons (Fsp3) is 0.143. The second kappa shape index (κ2) is 7.02. The summed E-state index contributed by atoms with van der Waals surface area (Å²) in [5.41, 5.74) is 1.57. The molecule has 0 aromatic heterocycles. The first-order valence-electron chi connectivity index (χ1n) is 5.15. The first-order valence-corrected chi connectivity index (χ1v) is 5.69. The number of hydrogen-bond acceptors (Lipinski definition) is 0. The molecule has 0 nitrogen and oxygen atoms in total. The molecule has 0 fully saturated rings. The molecule has 2 heteroatoms. The molecule has 0 atom stereocenters. The first-order chi connectivity index (χ1) is 7.79. The van der Waals surface area contributed by atoms with Crippen molar-refractivity contribution in [3.05, 3.63) is 60.4 Å². The van der Waals surface area contributed by atoms with E-state index in [4.69, 9.17) is 11.6 Å². The van der Waals surface area contributed by atoms with Gasteiger partial charge in [-0.1, -0.05) is 55.5 Å². The van der Waals surface area contributed by atoms with Crippen LogP contribution in [0, 0.1) is 5.82 Å². The van der Waals surface area contributed by atoms with Crippen LogP contribution in [-0.4, -0.2) is 5.88 Å². The molecule has 2 aromatic rings. The second-order valence-electron chi connectivity index (χ2n) is 3.11. The maximum Gasteiger partial charge on any atom is 0.131 e. The Hall–Kier alpha value is -1.34. The van der Waals surface area contributed by atoms with Crippen molar-refractivity contribution in [3.8, 4) is 11.1 Å². The summed E-state index contributed by atoms with van der Waals surface area (Å²) in [4.78, 5) is 0. The van der Waals surface area contributed by atoms with E-state index in [0.29, 0.717) is 5.56 Å². The third kappa shape index (κ3) is 3.67. The molecule has 0 bridgehead atoms. The van der Waals surface area contributed by atoms with Crippen LogP contribution in [-0.2, 0) is 0 Å². The smallest absolute Gasteiger partial charge is 0.131 e. The van der Waals surface area contributed by atoms with E-state index in [2.05, 4.69) is 0 Å². The monoisotopic (exact) mass is 236 g/mol. The molecule has 2 aromatic carbocycles. The largest absolute Gasteiger partial charge is 0.206 e. The van der Waals surface area contributed by atoms with Gasteiger partial charge in [-0.2, -0.15) is 0 Å². The highest BCUT2D eigenvalue weighted by Crippen LogP contribution is 2.21. The van der Waals surface area contributed by atoms with E-state index in [1.165, 1.54) is 6.07 Å². The van der Waals surface area contributed by atoms with Crippen LogP contribution in [0.3, 0.4) is 0 Å². The Bertz CT molecular complexity index is 412. The van der Waals surface area contributed by atoms with E-state index in [1.807, 2.05) is 43.3 Å². The van der Waals surface area contributed by atoms with Gasteiger partial charge in [-0.3, -0.25) is 0 Å². The van der Waals surface area contributed by atoms with Crippen molar-refractivity contribution in [2.75, 3.05) is 5.88 Å². The van der Waals surface area contributed by atoms with Crippen LogP contribution in [0.25, 0.3) is 11.1 Å². The maximum atomic E-state index is 13.3. The molecular weight excluding hydrogens is 223 g/mol. The van der Waals surface area contributed by atoms with Crippen LogP contribution in [0.15, 0.2) is 54.6 Å². The number of benzene rings is 2. The predicted molar refractivity (Wildman–Crippen MR) is 68.2 cm³/mol. The van der Waals surface area contributed by atoms with Crippen LogP contribution < -0.4 is 0 Å². The van der Waals surface area contributed by atoms with Gasteiger partial charge < -0.3 is 0 Å². The zero-order valence-corrected chi connectivity index (χ0v) is 9.92. The van der Waals surface area contributed by atoms with Crippen molar-refractivity contribution in [1.29, 1.82) is 0 Å². The van der Waals surface area contributed by atoms with Crippen LogP contribution in [0.1, 0.15) is 6.92 Å². The quantitative estimate of drug-likeness (QED) is 0.628. The Morgan fingerprint density at radius 3 is 2.00 bits per heavy atom. The minimum atomic E-state index is -0.172. The number of rotatable bonds is 1. The fourth-order valence-corrected chi connectivity index (χ4v) is 1.31. The molecule has 0 amide bonds. The summed E-state index contributed by atoms with van der Waals surface area (Å²) < 4.78 is 13.3. The Kier molecular flexibility index (Phi) is 5.58. The van der Waals surface area contributed by atoms with Gasteiger partial charge in [0, 0.05) is 11.4 Å². The molecular formula is C14H14ClF. The first kappa shape index (κ1) is 12.7. The van der Waals surface area contributed by atoms with Crippen molar-refractivity contribution in [1.82, 2.24) is 0 Å². The number of halogens is 2. The van der Waals surface area contributed by atoms with Gasteiger partial charge in [0.2, 0.25) is 0 Å². The molecule has 0 spiro atoms. The van der Waals surface area contributed by atoms with Gasteiger partial charge in [0.1, 0.15) is 5.82 Å². The molecule has 0 heterocycles. The molecule has 0 saturated heterocycles. The summed E-state index contributed by atoms with van der Waals surface area (Å²) in [5.74, 6) is 0.550. The summed E-state index contributed by atoms with van der Waals surface area (Å²) in [6, 6.07) is 16.3. The minimum absolute atomic E-state index is 0.172. The summed E-state index contributed by atoms with van der Waals surface area (Å²) >= 11 is 5.00. The fourth-order valence-electron chi connectivity index (χ4n) is 1.31. The highest BCUT2D eigenvalue weighted by Gasteiger charge is 2.01. The van der Waals surface area contributed by atoms with Gasteiger partial charge in [-0.15, -0.1) is 11.6 Å². The highest BCUT2D eigenvalue weighted by atomic mass is 35.5. The van der Waals surface area contributed by atoms with Gasteiger partial charge >= 0.3 is 0 Å². The number of alkyl halides is 1. The zero-order chi connectivity index (χ0) is 11.8. The van der Waals surface area contributed by atoms with Crippen LogP contribution >= 0.6 is 11.6 Å². The van der Waals surface area contributed by atoms with Crippen molar-refractivity contribution >= 4 is 11.6 Å². The van der Waals surface area contributed by atoms with Gasteiger partial charge in [0.25, 0.3) is 0 Å². The van der Waals surface area contributed by atoms with Gasteiger partial charge in [-0.25, -0.2) is 4.39 Å². The van der Waals surface area contributed by atoms with Crippen molar-refractivity contribution in [2.45, 2.75) is 6.92 Å². The van der Waals surface area contributed by atoms with E-state index in [0.717, 1.165) is 11.4 Å². The molecule has 16 heavy (non-hydrogen) atoms. The van der Waals surface area contributed by atoms with Crippen molar-refractivity contribution < 1.29 is 4.39 Å². The molecule has 0 aliphatic rings. The Morgan fingerprint density at radius 2 is 1.44 bits per heavy atom. The summed E-state index contributed by atoms with van der Waals surface area (Å²) in [7, 11) is 0. The lowest BCUT2D eigenvalue weighted by molar-refractivity contribution is 0.631. The number of hydrogen-bond donors (Lipinski definition) is 0. The Balaban J connectivity index is 0.000000386. The van der Waals surface area contributed by atoms with Gasteiger partial charge in [-0.05, 0) is 11.6 Å².